The van der Waals surface area contributed by atoms with Crippen LogP contribution in [0.25, 0.3) is 0 Å². The fourth-order valence-corrected chi connectivity index (χ4v) is 6.34. The Labute approximate surface area is 160 Å². The molecule has 4 bridgehead atoms. The number of carbonyl (C=O) groups is 1. The molecule has 5 rings (SSSR count). The van der Waals surface area contributed by atoms with Gasteiger partial charge >= 0.3 is 0 Å². The predicted octanol–water partition coefficient (Wildman–Crippen LogP) is 4.00. The van der Waals surface area contributed by atoms with E-state index in [9.17, 15) is 14.9 Å². The van der Waals surface area contributed by atoms with Crippen molar-refractivity contribution in [1.29, 1.82) is 0 Å². The van der Waals surface area contributed by atoms with Crippen LogP contribution in [0.3, 0.4) is 0 Å². The number of hydrogen-bond donors (Lipinski definition) is 1. The second-order valence-corrected chi connectivity index (χ2v) is 9.33. The van der Waals surface area contributed by atoms with Crippen LogP contribution in [0.1, 0.15) is 55.8 Å². The van der Waals surface area contributed by atoms with Gasteiger partial charge in [-0.3, -0.25) is 14.9 Å². The van der Waals surface area contributed by atoms with Gasteiger partial charge in [0.2, 0.25) is 0 Å². The van der Waals surface area contributed by atoms with Gasteiger partial charge < -0.3 is 10.2 Å². The summed E-state index contributed by atoms with van der Waals surface area (Å²) in [5, 5.41) is 14.4. The van der Waals surface area contributed by atoms with Crippen molar-refractivity contribution in [2.75, 3.05) is 19.0 Å². The van der Waals surface area contributed by atoms with Crippen LogP contribution >= 0.6 is 0 Å². The molecule has 4 aliphatic rings. The summed E-state index contributed by atoms with van der Waals surface area (Å²) in [5.41, 5.74) is 1.25. The lowest BCUT2D eigenvalue weighted by Crippen LogP contribution is -2.55. The molecule has 1 aromatic rings. The Kier molecular flexibility index (Phi) is 4.40. The standard InChI is InChI=1S/C21H29N3O3/c1-13(21-10-14-6-15(11-21)8-16(7-14)12-21)22-20(25)18-9-17(24(26)27)4-5-19(18)23(2)3/h4-5,9,13-16H,6-8,10-12H2,1-3H3,(H,22,25)/t13-,14?,15?,16?,21?/m0/s1. The van der Waals surface area contributed by atoms with E-state index in [1.807, 2.05) is 19.0 Å². The molecule has 4 fully saturated rings. The SMILES string of the molecule is C[C@H](NC(=O)c1cc([N+](=O)[O-])ccc1N(C)C)C12CC3CC(CC(C3)C1)C2. The van der Waals surface area contributed by atoms with E-state index < -0.39 is 4.92 Å². The first-order valence-electron chi connectivity index (χ1n) is 10.0. The van der Waals surface area contributed by atoms with E-state index in [-0.39, 0.29) is 23.1 Å². The van der Waals surface area contributed by atoms with Crippen LogP contribution in [-0.4, -0.2) is 31.0 Å². The van der Waals surface area contributed by atoms with Crippen LogP contribution in [0.15, 0.2) is 18.2 Å². The minimum atomic E-state index is -0.446. The monoisotopic (exact) mass is 371 g/mol. The lowest BCUT2D eigenvalue weighted by atomic mass is 9.48. The molecule has 1 amide bonds. The molecule has 6 nitrogen and oxygen atoms in total. The van der Waals surface area contributed by atoms with E-state index in [0.717, 1.165) is 17.8 Å². The van der Waals surface area contributed by atoms with Gasteiger partial charge in [-0.25, -0.2) is 0 Å². The first-order valence-corrected chi connectivity index (χ1v) is 10.0. The molecule has 27 heavy (non-hydrogen) atoms. The Hall–Kier alpha value is -2.11. The first-order chi connectivity index (χ1) is 12.8. The number of carbonyl (C=O) groups excluding carboxylic acids is 1. The summed E-state index contributed by atoms with van der Waals surface area (Å²) >= 11 is 0. The van der Waals surface area contributed by atoms with Gasteiger partial charge in [0.1, 0.15) is 0 Å². The Morgan fingerprint density at radius 3 is 2.22 bits per heavy atom. The molecule has 0 aromatic heterocycles. The molecule has 0 aliphatic heterocycles. The Balaban J connectivity index is 1.57. The fraction of sp³-hybridized carbons (Fsp3) is 0.667. The molecular formula is C21H29N3O3. The summed E-state index contributed by atoms with van der Waals surface area (Å²) in [6.07, 6.45) is 7.77. The molecule has 0 radical (unpaired) electrons. The minimum absolute atomic E-state index is 0.0480. The second kappa shape index (κ2) is 6.50. The van der Waals surface area contributed by atoms with Crippen molar-refractivity contribution in [2.45, 2.75) is 51.5 Å². The molecule has 0 unspecified atom stereocenters. The third-order valence-electron chi connectivity index (χ3n) is 7.27. The molecule has 0 spiro atoms. The number of non-ortho nitro benzene ring substituents is 1. The van der Waals surface area contributed by atoms with Gasteiger partial charge in [0.05, 0.1) is 10.5 Å². The number of hydrogen-bond acceptors (Lipinski definition) is 4. The Morgan fingerprint density at radius 2 is 1.74 bits per heavy atom. The normalized spacial score (nSPS) is 32.2. The molecule has 0 saturated heterocycles. The number of nitro benzene ring substituents is 1. The molecule has 4 saturated carbocycles. The maximum absolute atomic E-state index is 13.1. The van der Waals surface area contributed by atoms with Crippen LogP contribution in [0.2, 0.25) is 0 Å². The molecule has 1 aromatic carbocycles. The Morgan fingerprint density at radius 1 is 1.19 bits per heavy atom. The van der Waals surface area contributed by atoms with Crippen LogP contribution < -0.4 is 10.2 Å². The van der Waals surface area contributed by atoms with Gasteiger partial charge in [-0.15, -0.1) is 0 Å². The highest BCUT2D eigenvalue weighted by molar-refractivity contribution is 6.00. The van der Waals surface area contributed by atoms with Crippen molar-refractivity contribution in [3.63, 3.8) is 0 Å². The summed E-state index contributed by atoms with van der Waals surface area (Å²) in [4.78, 5) is 25.6. The minimum Gasteiger partial charge on any atom is -0.377 e. The van der Waals surface area contributed by atoms with Gasteiger partial charge in [0.25, 0.3) is 11.6 Å². The van der Waals surface area contributed by atoms with Crippen molar-refractivity contribution in [3.8, 4) is 0 Å². The lowest BCUT2D eigenvalue weighted by Gasteiger charge is -2.59. The average Bonchev–Trinajstić information content (AvgIpc) is 2.59. The van der Waals surface area contributed by atoms with Gasteiger partial charge in [-0.2, -0.15) is 0 Å². The smallest absolute Gasteiger partial charge is 0.270 e. The largest absolute Gasteiger partial charge is 0.377 e. The van der Waals surface area contributed by atoms with Gasteiger partial charge in [-0.1, -0.05) is 0 Å². The first kappa shape index (κ1) is 18.3. The zero-order valence-electron chi connectivity index (χ0n) is 16.4. The number of nitrogens with zero attached hydrogens (tertiary/aromatic N) is 2. The summed E-state index contributed by atoms with van der Waals surface area (Å²) < 4.78 is 0. The number of nitro groups is 1. The van der Waals surface area contributed by atoms with E-state index >= 15 is 0 Å². The average molecular weight is 371 g/mol. The van der Waals surface area contributed by atoms with E-state index in [0.29, 0.717) is 11.3 Å². The number of nitrogens with one attached hydrogen (secondary N) is 1. The van der Waals surface area contributed by atoms with E-state index in [2.05, 4.69) is 12.2 Å². The third kappa shape index (κ3) is 3.19. The van der Waals surface area contributed by atoms with Gasteiger partial charge in [0, 0.05) is 38.0 Å². The highest BCUT2D eigenvalue weighted by atomic mass is 16.6. The summed E-state index contributed by atoms with van der Waals surface area (Å²) in [6.45, 7) is 2.14. The summed E-state index contributed by atoms with van der Waals surface area (Å²) in [6, 6.07) is 4.60. The quantitative estimate of drug-likeness (QED) is 0.627. The maximum Gasteiger partial charge on any atom is 0.270 e. The molecule has 0 heterocycles. The van der Waals surface area contributed by atoms with Gasteiger partial charge in [0.15, 0.2) is 0 Å². The highest BCUT2D eigenvalue weighted by Gasteiger charge is 2.53. The predicted molar refractivity (Wildman–Crippen MR) is 105 cm³/mol. The molecule has 6 heteroatoms. The zero-order valence-corrected chi connectivity index (χ0v) is 16.4. The highest BCUT2D eigenvalue weighted by Crippen LogP contribution is 2.61. The zero-order chi connectivity index (χ0) is 19.3. The fourth-order valence-electron chi connectivity index (χ4n) is 6.34. The number of benzene rings is 1. The van der Waals surface area contributed by atoms with Crippen molar-refractivity contribution >= 4 is 17.3 Å². The van der Waals surface area contributed by atoms with E-state index in [1.165, 1.54) is 50.7 Å². The van der Waals surface area contributed by atoms with Gasteiger partial charge in [-0.05, 0) is 74.7 Å². The molecule has 1 N–H and O–H groups in total. The molecule has 4 aliphatic carbocycles. The van der Waals surface area contributed by atoms with Crippen LogP contribution in [-0.2, 0) is 0 Å². The third-order valence-corrected chi connectivity index (χ3v) is 7.27. The molecule has 146 valence electrons. The lowest BCUT2D eigenvalue weighted by molar-refractivity contribution is -0.384. The van der Waals surface area contributed by atoms with Crippen molar-refractivity contribution < 1.29 is 9.72 Å². The van der Waals surface area contributed by atoms with Crippen molar-refractivity contribution in [3.05, 3.63) is 33.9 Å². The summed E-state index contributed by atoms with van der Waals surface area (Å²) in [5.74, 6) is 2.27. The van der Waals surface area contributed by atoms with Crippen molar-refractivity contribution in [1.82, 2.24) is 5.32 Å². The molecular weight excluding hydrogens is 342 g/mol. The number of anilines is 1. The second-order valence-electron chi connectivity index (χ2n) is 9.33. The maximum atomic E-state index is 13.1. The topological polar surface area (TPSA) is 75.5 Å². The van der Waals surface area contributed by atoms with Crippen molar-refractivity contribution in [2.24, 2.45) is 23.2 Å². The number of rotatable bonds is 5. The number of amides is 1. The van der Waals surface area contributed by atoms with Crippen LogP contribution in [0.5, 0.6) is 0 Å². The van der Waals surface area contributed by atoms with Crippen LogP contribution in [0, 0.1) is 33.3 Å². The van der Waals surface area contributed by atoms with E-state index in [1.54, 1.807) is 6.07 Å². The molecule has 1 atom stereocenters. The van der Waals surface area contributed by atoms with E-state index in [4.69, 9.17) is 0 Å². The summed E-state index contributed by atoms with van der Waals surface area (Å²) in [7, 11) is 3.70. The Bertz CT molecular complexity index is 739. The van der Waals surface area contributed by atoms with Crippen LogP contribution in [0.4, 0.5) is 11.4 Å².